The number of imide groups is 2. The molecule has 0 bridgehead atoms. The average molecular weight is 370 g/mol. The van der Waals surface area contributed by atoms with Gasteiger partial charge in [0.15, 0.2) is 0 Å². The van der Waals surface area contributed by atoms with Crippen LogP contribution in [0.4, 0.5) is 0 Å². The molecule has 4 rings (SSSR count). The summed E-state index contributed by atoms with van der Waals surface area (Å²) < 4.78 is 0. The van der Waals surface area contributed by atoms with Crippen molar-refractivity contribution in [3.8, 4) is 0 Å². The van der Waals surface area contributed by atoms with E-state index >= 15 is 0 Å². The van der Waals surface area contributed by atoms with Gasteiger partial charge in [0.05, 0.1) is 11.1 Å². The van der Waals surface area contributed by atoms with Crippen molar-refractivity contribution < 1.29 is 19.2 Å². The van der Waals surface area contributed by atoms with Crippen molar-refractivity contribution in [2.75, 3.05) is 13.1 Å². The maximum Gasteiger partial charge on any atom is 0.262 e. The standard InChI is InChI=1S/C19H22N4O4/c1-2-19(20)9-22(10-19)8-11-3-4-12-13(7-11)18(27)23(17(12)26)14-5-6-15(24)21-16(14)25/h3-4,7,14H,2,5-6,8-10,20H2,1H3,(H,21,24,25). The van der Waals surface area contributed by atoms with E-state index in [1.807, 2.05) is 6.07 Å². The third kappa shape index (κ3) is 2.94. The van der Waals surface area contributed by atoms with Crippen LogP contribution in [0.15, 0.2) is 18.2 Å². The number of nitrogens with one attached hydrogen (secondary N) is 1. The fourth-order valence-electron chi connectivity index (χ4n) is 4.05. The molecule has 8 nitrogen and oxygen atoms in total. The van der Waals surface area contributed by atoms with E-state index in [9.17, 15) is 19.2 Å². The summed E-state index contributed by atoms with van der Waals surface area (Å²) in [5.41, 5.74) is 7.61. The lowest BCUT2D eigenvalue weighted by Gasteiger charge is -2.47. The molecule has 0 aliphatic carbocycles. The molecule has 2 saturated heterocycles. The molecule has 1 aromatic carbocycles. The molecular formula is C19H22N4O4. The third-order valence-electron chi connectivity index (χ3n) is 5.69. The number of nitrogens with zero attached hydrogens (tertiary/aromatic N) is 2. The minimum absolute atomic E-state index is 0.113. The zero-order valence-electron chi connectivity index (χ0n) is 15.2. The monoisotopic (exact) mass is 370 g/mol. The van der Waals surface area contributed by atoms with E-state index in [0.29, 0.717) is 17.7 Å². The van der Waals surface area contributed by atoms with Crippen LogP contribution in [0.5, 0.6) is 0 Å². The molecule has 0 spiro atoms. The highest BCUT2D eigenvalue weighted by atomic mass is 16.2. The Kier molecular flexibility index (Phi) is 4.12. The van der Waals surface area contributed by atoms with E-state index in [1.54, 1.807) is 12.1 Å². The molecule has 3 aliphatic rings. The predicted molar refractivity (Wildman–Crippen MR) is 95.6 cm³/mol. The molecule has 0 aromatic heterocycles. The first-order chi connectivity index (χ1) is 12.8. The second-order valence-corrected chi connectivity index (χ2v) is 7.69. The fourth-order valence-corrected chi connectivity index (χ4v) is 4.05. The minimum Gasteiger partial charge on any atom is -0.323 e. The zero-order valence-corrected chi connectivity index (χ0v) is 15.2. The lowest BCUT2D eigenvalue weighted by Crippen LogP contribution is -2.66. The summed E-state index contributed by atoms with van der Waals surface area (Å²) in [4.78, 5) is 52.1. The zero-order chi connectivity index (χ0) is 19.3. The summed E-state index contributed by atoms with van der Waals surface area (Å²) in [6.07, 6.45) is 1.19. The first-order valence-electron chi connectivity index (χ1n) is 9.17. The molecule has 8 heteroatoms. The Hall–Kier alpha value is -2.58. The molecule has 1 unspecified atom stereocenters. The minimum atomic E-state index is -0.934. The van der Waals surface area contributed by atoms with Crippen molar-refractivity contribution in [3.05, 3.63) is 34.9 Å². The van der Waals surface area contributed by atoms with Crippen LogP contribution in [0, 0.1) is 0 Å². The fraction of sp³-hybridized carbons (Fsp3) is 0.474. The number of amides is 4. The van der Waals surface area contributed by atoms with Crippen molar-refractivity contribution in [3.63, 3.8) is 0 Å². The van der Waals surface area contributed by atoms with Gasteiger partial charge in [-0.25, -0.2) is 0 Å². The predicted octanol–water partition coefficient (Wildman–Crippen LogP) is 0.0109. The number of piperidine rings is 1. The molecule has 3 heterocycles. The Balaban J connectivity index is 1.52. The van der Waals surface area contributed by atoms with Gasteiger partial charge < -0.3 is 5.73 Å². The van der Waals surface area contributed by atoms with Crippen LogP contribution in [-0.2, 0) is 16.1 Å². The van der Waals surface area contributed by atoms with Crippen LogP contribution >= 0.6 is 0 Å². The number of rotatable bonds is 4. The lowest BCUT2D eigenvalue weighted by atomic mass is 9.88. The third-order valence-corrected chi connectivity index (χ3v) is 5.69. The Labute approximate surface area is 156 Å². The van der Waals surface area contributed by atoms with Gasteiger partial charge in [-0.3, -0.25) is 34.3 Å². The summed E-state index contributed by atoms with van der Waals surface area (Å²) in [7, 11) is 0. The molecular weight excluding hydrogens is 348 g/mol. The summed E-state index contributed by atoms with van der Waals surface area (Å²) in [6.45, 7) is 4.33. The highest BCUT2D eigenvalue weighted by molar-refractivity contribution is 6.23. The number of fused-ring (bicyclic) bond motifs is 1. The van der Waals surface area contributed by atoms with E-state index in [1.165, 1.54) is 0 Å². The smallest absolute Gasteiger partial charge is 0.262 e. The van der Waals surface area contributed by atoms with Crippen LogP contribution < -0.4 is 11.1 Å². The second-order valence-electron chi connectivity index (χ2n) is 7.69. The second kappa shape index (κ2) is 6.24. The van der Waals surface area contributed by atoms with Crippen molar-refractivity contribution >= 4 is 23.6 Å². The Morgan fingerprint density at radius 1 is 1.15 bits per heavy atom. The number of carbonyl (C=O) groups excluding carboxylic acids is 4. The summed E-state index contributed by atoms with van der Waals surface area (Å²) >= 11 is 0. The van der Waals surface area contributed by atoms with Crippen LogP contribution in [0.2, 0.25) is 0 Å². The largest absolute Gasteiger partial charge is 0.323 e. The molecule has 0 saturated carbocycles. The van der Waals surface area contributed by atoms with E-state index in [0.717, 1.165) is 30.0 Å². The van der Waals surface area contributed by atoms with Crippen molar-refractivity contribution in [2.24, 2.45) is 5.73 Å². The number of likely N-dealkylation sites (tertiary alicyclic amines) is 1. The first kappa shape index (κ1) is 17.8. The van der Waals surface area contributed by atoms with E-state index in [4.69, 9.17) is 5.73 Å². The van der Waals surface area contributed by atoms with Crippen LogP contribution in [0.3, 0.4) is 0 Å². The number of nitrogens with two attached hydrogens (primary N) is 1. The topological polar surface area (TPSA) is 113 Å². The van der Waals surface area contributed by atoms with Crippen molar-refractivity contribution in [1.29, 1.82) is 0 Å². The SMILES string of the molecule is CCC1(N)CN(Cc2ccc3c(c2)C(=O)N(C2CCC(=O)NC2=O)C3=O)C1. The maximum atomic E-state index is 12.8. The van der Waals surface area contributed by atoms with Gasteiger partial charge >= 0.3 is 0 Å². The highest BCUT2D eigenvalue weighted by Crippen LogP contribution is 2.30. The van der Waals surface area contributed by atoms with Gasteiger partial charge in [0.1, 0.15) is 6.04 Å². The Morgan fingerprint density at radius 2 is 1.85 bits per heavy atom. The van der Waals surface area contributed by atoms with E-state index in [2.05, 4.69) is 17.1 Å². The van der Waals surface area contributed by atoms with Crippen molar-refractivity contribution in [2.45, 2.75) is 44.3 Å². The average Bonchev–Trinajstić information content (AvgIpc) is 2.85. The van der Waals surface area contributed by atoms with Crippen molar-refractivity contribution in [1.82, 2.24) is 15.1 Å². The van der Waals surface area contributed by atoms with Crippen LogP contribution in [-0.4, -0.2) is 58.1 Å². The molecule has 2 fully saturated rings. The molecule has 142 valence electrons. The van der Waals surface area contributed by atoms with Gasteiger partial charge in [-0.05, 0) is 30.5 Å². The van der Waals surface area contributed by atoms with Gasteiger partial charge in [-0.2, -0.15) is 0 Å². The molecule has 1 aromatic rings. The van der Waals surface area contributed by atoms with Gasteiger partial charge in [0, 0.05) is 31.6 Å². The molecule has 0 radical (unpaired) electrons. The van der Waals surface area contributed by atoms with Crippen LogP contribution in [0.1, 0.15) is 52.5 Å². The Bertz CT molecular complexity index is 859. The van der Waals surface area contributed by atoms with Crippen LogP contribution in [0.25, 0.3) is 0 Å². The summed E-state index contributed by atoms with van der Waals surface area (Å²) in [5, 5.41) is 2.20. The van der Waals surface area contributed by atoms with Gasteiger partial charge in [0.25, 0.3) is 11.8 Å². The Morgan fingerprint density at radius 3 is 2.52 bits per heavy atom. The molecule has 3 N–H and O–H groups in total. The molecule has 1 atom stereocenters. The highest BCUT2D eigenvalue weighted by Gasteiger charge is 2.45. The van der Waals surface area contributed by atoms with E-state index < -0.39 is 23.8 Å². The van der Waals surface area contributed by atoms with Gasteiger partial charge in [0.2, 0.25) is 11.8 Å². The molecule has 4 amide bonds. The molecule has 3 aliphatic heterocycles. The summed E-state index contributed by atoms with van der Waals surface area (Å²) in [6, 6.07) is 4.27. The van der Waals surface area contributed by atoms with E-state index in [-0.39, 0.29) is 24.3 Å². The number of hydrogen-bond acceptors (Lipinski definition) is 6. The molecule has 27 heavy (non-hydrogen) atoms. The summed E-state index contributed by atoms with van der Waals surface area (Å²) in [5.74, 6) is -1.93. The quantitative estimate of drug-likeness (QED) is 0.722. The lowest BCUT2D eigenvalue weighted by molar-refractivity contribution is -0.136. The number of benzene rings is 1. The van der Waals surface area contributed by atoms with Gasteiger partial charge in [-0.1, -0.05) is 13.0 Å². The number of hydrogen-bond donors (Lipinski definition) is 2. The first-order valence-corrected chi connectivity index (χ1v) is 9.17. The normalized spacial score (nSPS) is 24.7. The van der Waals surface area contributed by atoms with Gasteiger partial charge in [-0.15, -0.1) is 0 Å². The maximum absolute atomic E-state index is 12.8. The number of carbonyl (C=O) groups is 4.